The summed E-state index contributed by atoms with van der Waals surface area (Å²) in [7, 11) is 0. The molecule has 16 heavy (non-hydrogen) atoms. The first-order valence-corrected chi connectivity index (χ1v) is 7.12. The average Bonchev–Trinajstić information content (AvgIpc) is 2.41. The normalized spacial score (nSPS) is 54.8. The van der Waals surface area contributed by atoms with E-state index in [0.717, 1.165) is 23.7 Å². The van der Waals surface area contributed by atoms with E-state index >= 15 is 0 Å². The van der Waals surface area contributed by atoms with Crippen LogP contribution in [0.3, 0.4) is 0 Å². The van der Waals surface area contributed by atoms with Crippen molar-refractivity contribution in [2.75, 3.05) is 0 Å². The first-order valence-electron chi connectivity index (χ1n) is 7.12. The lowest BCUT2D eigenvalue weighted by Gasteiger charge is -2.47. The van der Waals surface area contributed by atoms with Crippen molar-refractivity contribution in [2.24, 2.45) is 23.7 Å². The van der Waals surface area contributed by atoms with Gasteiger partial charge in [0.1, 0.15) is 0 Å². The Hall–Kier alpha value is -0.0400. The highest BCUT2D eigenvalue weighted by Crippen LogP contribution is 2.58. The molecule has 0 amide bonds. The van der Waals surface area contributed by atoms with Crippen LogP contribution in [0.15, 0.2) is 0 Å². The van der Waals surface area contributed by atoms with Crippen molar-refractivity contribution in [1.82, 2.24) is 0 Å². The molecule has 0 radical (unpaired) electrons. The van der Waals surface area contributed by atoms with Crippen LogP contribution in [-0.4, -0.2) is 11.2 Å². The van der Waals surface area contributed by atoms with Gasteiger partial charge < -0.3 is 4.74 Å². The van der Waals surface area contributed by atoms with Gasteiger partial charge in [-0.2, -0.15) is 0 Å². The van der Waals surface area contributed by atoms with Gasteiger partial charge in [0.05, 0.1) is 11.2 Å². The first kappa shape index (κ1) is 11.1. The topological polar surface area (TPSA) is 9.23 Å². The summed E-state index contributed by atoms with van der Waals surface area (Å²) in [6.07, 6.45) is 6.96. The maximum absolute atomic E-state index is 6.55. The Kier molecular flexibility index (Phi) is 2.25. The summed E-state index contributed by atoms with van der Waals surface area (Å²) >= 11 is 0. The Morgan fingerprint density at radius 3 is 2.50 bits per heavy atom. The van der Waals surface area contributed by atoms with Gasteiger partial charge in [0.25, 0.3) is 0 Å². The van der Waals surface area contributed by atoms with E-state index in [9.17, 15) is 0 Å². The Morgan fingerprint density at radius 2 is 1.81 bits per heavy atom. The van der Waals surface area contributed by atoms with Crippen molar-refractivity contribution in [3.05, 3.63) is 0 Å². The molecule has 0 aromatic heterocycles. The molecule has 2 bridgehead atoms. The minimum absolute atomic E-state index is 0.122. The number of ether oxygens (including phenoxy) is 1. The third-order valence-corrected chi connectivity index (χ3v) is 5.99. The van der Waals surface area contributed by atoms with E-state index in [2.05, 4.69) is 27.7 Å². The monoisotopic (exact) mass is 222 g/mol. The summed E-state index contributed by atoms with van der Waals surface area (Å²) in [5.41, 5.74) is 0.309. The lowest BCUT2D eigenvalue weighted by Crippen LogP contribution is -2.49. The standard InChI is InChI=1S/C15H26O/c1-10-5-6-13-12(10)9-11-7-8-15(13,4)16-14(11,2)3/h10-13H,5-9H2,1-4H3/t10-,11-,12-,13-,15+/m1/s1. The molecule has 92 valence electrons. The molecule has 2 saturated carbocycles. The van der Waals surface area contributed by atoms with E-state index in [4.69, 9.17) is 4.74 Å². The van der Waals surface area contributed by atoms with Gasteiger partial charge in [0.2, 0.25) is 0 Å². The highest BCUT2D eigenvalue weighted by molar-refractivity contribution is 5.05. The molecule has 2 aliphatic heterocycles. The summed E-state index contributed by atoms with van der Waals surface area (Å²) in [6.45, 7) is 9.50. The molecule has 0 N–H and O–H groups in total. The van der Waals surface area contributed by atoms with Crippen LogP contribution in [0.4, 0.5) is 0 Å². The van der Waals surface area contributed by atoms with E-state index in [1.807, 2.05) is 0 Å². The molecule has 5 atom stereocenters. The summed E-state index contributed by atoms with van der Waals surface area (Å²) in [6, 6.07) is 0. The largest absolute Gasteiger partial charge is 0.369 e. The van der Waals surface area contributed by atoms with Crippen molar-refractivity contribution < 1.29 is 4.74 Å². The van der Waals surface area contributed by atoms with Gasteiger partial charge >= 0.3 is 0 Å². The number of hydrogen-bond donors (Lipinski definition) is 0. The third kappa shape index (κ3) is 1.40. The fourth-order valence-electron chi connectivity index (χ4n) is 4.96. The van der Waals surface area contributed by atoms with Crippen LogP contribution in [-0.2, 0) is 4.74 Å². The van der Waals surface area contributed by atoms with Gasteiger partial charge in [-0.15, -0.1) is 0 Å². The smallest absolute Gasteiger partial charge is 0.0692 e. The van der Waals surface area contributed by atoms with E-state index in [1.165, 1.54) is 32.1 Å². The Morgan fingerprint density at radius 1 is 1.06 bits per heavy atom. The first-order chi connectivity index (χ1) is 7.42. The third-order valence-electron chi connectivity index (χ3n) is 5.99. The second-order valence-electron chi connectivity index (χ2n) is 7.31. The molecule has 2 saturated heterocycles. The van der Waals surface area contributed by atoms with E-state index in [1.54, 1.807) is 0 Å². The fourth-order valence-corrected chi connectivity index (χ4v) is 4.96. The Bertz CT molecular complexity index is 296. The molecule has 1 heteroatoms. The zero-order chi connectivity index (χ0) is 11.6. The van der Waals surface area contributed by atoms with Crippen LogP contribution < -0.4 is 0 Å². The second kappa shape index (κ2) is 3.25. The lowest BCUT2D eigenvalue weighted by molar-refractivity contribution is -0.199. The van der Waals surface area contributed by atoms with Crippen LogP contribution in [0.25, 0.3) is 0 Å². The van der Waals surface area contributed by atoms with Crippen LogP contribution >= 0.6 is 0 Å². The van der Waals surface area contributed by atoms with Gasteiger partial charge in [-0.05, 0) is 70.1 Å². The van der Waals surface area contributed by atoms with Crippen molar-refractivity contribution in [3.8, 4) is 0 Å². The minimum atomic E-state index is 0.122. The number of fused-ring (bicyclic) bond motifs is 2. The van der Waals surface area contributed by atoms with Crippen LogP contribution in [0.5, 0.6) is 0 Å². The second-order valence-corrected chi connectivity index (χ2v) is 7.31. The summed E-state index contributed by atoms with van der Waals surface area (Å²) in [4.78, 5) is 0. The molecule has 1 nitrogen and oxygen atoms in total. The maximum atomic E-state index is 6.55. The molecule has 4 aliphatic rings. The summed E-state index contributed by atoms with van der Waals surface area (Å²) < 4.78 is 6.55. The van der Waals surface area contributed by atoms with Gasteiger partial charge in [-0.1, -0.05) is 13.3 Å². The maximum Gasteiger partial charge on any atom is 0.0692 e. The minimum Gasteiger partial charge on any atom is -0.369 e. The predicted molar refractivity (Wildman–Crippen MR) is 66.3 cm³/mol. The summed E-state index contributed by atoms with van der Waals surface area (Å²) in [5.74, 6) is 3.52. The molecule has 4 rings (SSSR count). The fraction of sp³-hybridized carbons (Fsp3) is 1.00. The molecular formula is C15H26O. The van der Waals surface area contributed by atoms with Crippen LogP contribution in [0.1, 0.15) is 59.8 Å². The number of rotatable bonds is 0. The molecule has 0 aromatic rings. The van der Waals surface area contributed by atoms with Gasteiger partial charge in [0.15, 0.2) is 0 Å². The highest BCUT2D eigenvalue weighted by atomic mass is 16.5. The highest BCUT2D eigenvalue weighted by Gasteiger charge is 2.56. The van der Waals surface area contributed by atoms with Crippen LogP contribution in [0, 0.1) is 23.7 Å². The zero-order valence-electron chi connectivity index (χ0n) is 11.3. The Balaban J connectivity index is 1.99. The zero-order valence-corrected chi connectivity index (χ0v) is 11.3. The molecule has 2 aliphatic carbocycles. The summed E-state index contributed by atoms with van der Waals surface area (Å²) in [5, 5.41) is 0. The molecule has 2 heterocycles. The average molecular weight is 222 g/mol. The lowest BCUT2D eigenvalue weighted by atomic mass is 9.78. The van der Waals surface area contributed by atoms with E-state index in [-0.39, 0.29) is 11.2 Å². The molecule has 0 spiro atoms. The van der Waals surface area contributed by atoms with Gasteiger partial charge in [-0.25, -0.2) is 0 Å². The van der Waals surface area contributed by atoms with Crippen LogP contribution in [0.2, 0.25) is 0 Å². The molecular weight excluding hydrogens is 196 g/mol. The van der Waals surface area contributed by atoms with Crippen molar-refractivity contribution in [1.29, 1.82) is 0 Å². The quantitative estimate of drug-likeness (QED) is 0.601. The molecule has 0 aromatic carbocycles. The van der Waals surface area contributed by atoms with E-state index < -0.39 is 0 Å². The van der Waals surface area contributed by atoms with Crippen molar-refractivity contribution >= 4 is 0 Å². The Labute approximate surface area is 99.9 Å². The number of hydrogen-bond acceptors (Lipinski definition) is 1. The molecule has 4 fully saturated rings. The van der Waals surface area contributed by atoms with Gasteiger partial charge in [-0.3, -0.25) is 0 Å². The van der Waals surface area contributed by atoms with Crippen molar-refractivity contribution in [2.45, 2.75) is 71.0 Å². The van der Waals surface area contributed by atoms with E-state index in [0.29, 0.717) is 0 Å². The SMILES string of the molecule is C[C@@H]1CC[C@@H]2[C@@H]1C[C@H]1CC[C@]2(C)OC1(C)C. The molecule has 0 unspecified atom stereocenters. The van der Waals surface area contributed by atoms with Gasteiger partial charge in [0, 0.05) is 0 Å². The van der Waals surface area contributed by atoms with Crippen molar-refractivity contribution in [3.63, 3.8) is 0 Å². The predicted octanol–water partition coefficient (Wildman–Crippen LogP) is 4.02.